The first kappa shape index (κ1) is 22.8. The third-order valence-corrected chi connectivity index (χ3v) is 3.35. The van der Waals surface area contributed by atoms with Crippen molar-refractivity contribution in [1.82, 2.24) is 0 Å². The third kappa shape index (κ3) is 7.51. The van der Waals surface area contributed by atoms with Crippen molar-refractivity contribution in [2.75, 3.05) is 6.61 Å². The van der Waals surface area contributed by atoms with Crippen molar-refractivity contribution in [3.05, 3.63) is 0 Å². The SMILES string of the molecule is CC(=O)OC[C@H]1O[C@H](OC(C)C)[C@H](OC(C)=O)[C@@H](OC(C)=O)[C@@H]1OC(C)=O. The van der Waals surface area contributed by atoms with Crippen LogP contribution < -0.4 is 0 Å². The molecule has 0 amide bonds. The minimum absolute atomic E-state index is 0.282. The van der Waals surface area contributed by atoms with Gasteiger partial charge in [0.05, 0.1) is 6.10 Å². The summed E-state index contributed by atoms with van der Waals surface area (Å²) in [6.45, 7) is 7.87. The minimum atomic E-state index is -1.21. The first-order valence-electron chi connectivity index (χ1n) is 8.47. The molecule has 10 heteroatoms. The van der Waals surface area contributed by atoms with E-state index in [0.29, 0.717) is 0 Å². The summed E-state index contributed by atoms with van der Waals surface area (Å²) < 4.78 is 32.1. The minimum Gasteiger partial charge on any atom is -0.463 e. The van der Waals surface area contributed by atoms with E-state index in [1.807, 2.05) is 0 Å². The second-order valence-corrected chi connectivity index (χ2v) is 6.25. The normalized spacial score (nSPS) is 27.6. The van der Waals surface area contributed by atoms with Gasteiger partial charge in [0.25, 0.3) is 0 Å². The zero-order valence-corrected chi connectivity index (χ0v) is 16.3. The number of hydrogen-bond donors (Lipinski definition) is 0. The quantitative estimate of drug-likeness (QED) is 0.448. The highest BCUT2D eigenvalue weighted by molar-refractivity contribution is 5.68. The Bertz CT molecular complexity index is 558. The van der Waals surface area contributed by atoms with Crippen molar-refractivity contribution in [3.63, 3.8) is 0 Å². The molecule has 0 radical (unpaired) electrons. The molecule has 1 aliphatic rings. The van der Waals surface area contributed by atoms with Crippen LogP contribution in [0.1, 0.15) is 41.5 Å². The van der Waals surface area contributed by atoms with Gasteiger partial charge in [-0.2, -0.15) is 0 Å². The molecule has 154 valence electrons. The van der Waals surface area contributed by atoms with Gasteiger partial charge in [-0.05, 0) is 13.8 Å². The molecule has 10 nitrogen and oxygen atoms in total. The Morgan fingerprint density at radius 1 is 0.778 bits per heavy atom. The summed E-state index contributed by atoms with van der Waals surface area (Å²) in [4.78, 5) is 45.9. The Morgan fingerprint density at radius 2 is 1.26 bits per heavy atom. The van der Waals surface area contributed by atoms with Crippen molar-refractivity contribution in [2.45, 2.75) is 78.4 Å². The molecule has 27 heavy (non-hydrogen) atoms. The molecule has 0 aromatic rings. The van der Waals surface area contributed by atoms with Gasteiger partial charge in [0, 0.05) is 27.7 Å². The molecule has 1 fully saturated rings. The maximum Gasteiger partial charge on any atom is 0.303 e. The van der Waals surface area contributed by atoms with Gasteiger partial charge >= 0.3 is 23.9 Å². The van der Waals surface area contributed by atoms with Gasteiger partial charge in [0.1, 0.15) is 12.7 Å². The second-order valence-electron chi connectivity index (χ2n) is 6.25. The molecule has 1 aliphatic heterocycles. The first-order chi connectivity index (χ1) is 12.5. The zero-order valence-electron chi connectivity index (χ0n) is 16.3. The van der Waals surface area contributed by atoms with Crippen LogP contribution in [-0.2, 0) is 47.6 Å². The summed E-state index contributed by atoms with van der Waals surface area (Å²) >= 11 is 0. The van der Waals surface area contributed by atoms with Crippen LogP contribution in [0.15, 0.2) is 0 Å². The van der Waals surface area contributed by atoms with Crippen molar-refractivity contribution in [1.29, 1.82) is 0 Å². The Hall–Kier alpha value is -2.20. The predicted molar refractivity (Wildman–Crippen MR) is 88.2 cm³/mol. The lowest BCUT2D eigenvalue weighted by Gasteiger charge is -2.44. The highest BCUT2D eigenvalue weighted by atomic mass is 16.7. The van der Waals surface area contributed by atoms with Crippen LogP contribution in [0.5, 0.6) is 0 Å². The molecular weight excluding hydrogens is 364 g/mol. The number of esters is 4. The van der Waals surface area contributed by atoms with Crippen LogP contribution in [0, 0.1) is 0 Å². The van der Waals surface area contributed by atoms with Crippen LogP contribution in [-0.4, -0.2) is 67.3 Å². The highest BCUT2D eigenvalue weighted by Crippen LogP contribution is 2.30. The monoisotopic (exact) mass is 390 g/mol. The zero-order chi connectivity index (χ0) is 20.7. The van der Waals surface area contributed by atoms with Gasteiger partial charge in [0.2, 0.25) is 0 Å². The maximum absolute atomic E-state index is 11.6. The van der Waals surface area contributed by atoms with Crippen LogP contribution >= 0.6 is 0 Å². The average Bonchev–Trinajstić information content (AvgIpc) is 2.49. The topological polar surface area (TPSA) is 124 Å². The molecule has 0 aliphatic carbocycles. The fourth-order valence-corrected chi connectivity index (χ4v) is 2.57. The highest BCUT2D eigenvalue weighted by Gasteiger charge is 2.52. The van der Waals surface area contributed by atoms with E-state index in [1.54, 1.807) is 13.8 Å². The van der Waals surface area contributed by atoms with E-state index in [9.17, 15) is 19.2 Å². The van der Waals surface area contributed by atoms with Crippen LogP contribution in [0.2, 0.25) is 0 Å². The van der Waals surface area contributed by atoms with Crippen molar-refractivity contribution in [3.8, 4) is 0 Å². The molecule has 1 saturated heterocycles. The summed E-state index contributed by atoms with van der Waals surface area (Å²) in [6.07, 6.45) is -6.05. The molecule has 0 unspecified atom stereocenters. The van der Waals surface area contributed by atoms with Crippen LogP contribution in [0.3, 0.4) is 0 Å². The second kappa shape index (κ2) is 10.2. The fourth-order valence-electron chi connectivity index (χ4n) is 2.57. The summed E-state index contributed by atoms with van der Waals surface area (Å²) in [5.74, 6) is -2.62. The fraction of sp³-hybridized carbons (Fsp3) is 0.765. The molecule has 0 saturated carbocycles. The number of ether oxygens (including phenoxy) is 6. The predicted octanol–water partition coefficient (Wildman–Crippen LogP) is 0.495. The maximum atomic E-state index is 11.6. The van der Waals surface area contributed by atoms with Gasteiger partial charge in [0.15, 0.2) is 24.6 Å². The lowest BCUT2D eigenvalue weighted by Crippen LogP contribution is -2.63. The van der Waals surface area contributed by atoms with E-state index < -0.39 is 54.6 Å². The van der Waals surface area contributed by atoms with Crippen LogP contribution in [0.4, 0.5) is 0 Å². The lowest BCUT2D eigenvalue weighted by molar-refractivity contribution is -0.314. The van der Waals surface area contributed by atoms with E-state index in [0.717, 1.165) is 13.8 Å². The lowest BCUT2D eigenvalue weighted by atomic mass is 9.98. The Morgan fingerprint density at radius 3 is 1.70 bits per heavy atom. The number of carbonyl (C=O) groups excluding carboxylic acids is 4. The summed E-state index contributed by atoms with van der Waals surface area (Å²) in [6, 6.07) is 0. The van der Waals surface area contributed by atoms with Gasteiger partial charge in [-0.1, -0.05) is 0 Å². The van der Waals surface area contributed by atoms with Crippen molar-refractivity contribution in [2.24, 2.45) is 0 Å². The molecule has 1 rings (SSSR count). The molecule has 0 aromatic carbocycles. The summed E-state index contributed by atoms with van der Waals surface area (Å²) in [7, 11) is 0. The molecule has 0 spiro atoms. The van der Waals surface area contributed by atoms with Gasteiger partial charge < -0.3 is 28.4 Å². The van der Waals surface area contributed by atoms with Crippen LogP contribution in [0.25, 0.3) is 0 Å². The Balaban J connectivity index is 3.27. The molecule has 0 bridgehead atoms. The molecule has 0 N–H and O–H groups in total. The van der Waals surface area contributed by atoms with E-state index in [1.165, 1.54) is 13.8 Å². The summed E-state index contributed by atoms with van der Waals surface area (Å²) in [5, 5.41) is 0. The molecule has 0 aromatic heterocycles. The van der Waals surface area contributed by atoms with Crippen molar-refractivity contribution >= 4 is 23.9 Å². The van der Waals surface area contributed by atoms with E-state index in [-0.39, 0.29) is 12.7 Å². The van der Waals surface area contributed by atoms with Gasteiger partial charge in [-0.25, -0.2) is 0 Å². The Labute approximate surface area is 157 Å². The van der Waals surface area contributed by atoms with Crippen molar-refractivity contribution < 1.29 is 47.6 Å². The molecule has 1 heterocycles. The largest absolute Gasteiger partial charge is 0.463 e. The van der Waals surface area contributed by atoms with E-state index in [4.69, 9.17) is 28.4 Å². The van der Waals surface area contributed by atoms with Gasteiger partial charge in [-0.15, -0.1) is 0 Å². The van der Waals surface area contributed by atoms with E-state index in [2.05, 4.69) is 0 Å². The smallest absolute Gasteiger partial charge is 0.303 e. The Kier molecular flexibility index (Phi) is 8.64. The molecular formula is C17H26O10. The van der Waals surface area contributed by atoms with Gasteiger partial charge in [-0.3, -0.25) is 19.2 Å². The number of hydrogen-bond acceptors (Lipinski definition) is 10. The standard InChI is InChI=1S/C17H26O10/c1-8(2)23-17-16(26-12(6)21)15(25-11(5)20)14(24-10(4)19)13(27-17)7-22-9(3)18/h8,13-17H,7H2,1-6H3/t13-,14-,15+,16-,17+/m1/s1. The first-order valence-corrected chi connectivity index (χ1v) is 8.47. The molecule has 5 atom stereocenters. The van der Waals surface area contributed by atoms with E-state index >= 15 is 0 Å². The average molecular weight is 390 g/mol. The third-order valence-electron chi connectivity index (χ3n) is 3.35. The number of rotatable bonds is 7. The number of carbonyl (C=O) groups is 4. The summed E-state index contributed by atoms with van der Waals surface area (Å²) in [5.41, 5.74) is 0.